The molecule has 1 unspecified atom stereocenters. The van der Waals surface area contributed by atoms with Crippen LogP contribution in [0.1, 0.15) is 60.3 Å². The number of hydrogen-bond acceptors (Lipinski definition) is 3. The maximum absolute atomic E-state index is 12.2. The third kappa shape index (κ3) is 4.70. The molecule has 0 bridgehead atoms. The summed E-state index contributed by atoms with van der Waals surface area (Å²) >= 11 is 0. The maximum Gasteiger partial charge on any atom is 0.309 e. The molecule has 0 aromatic carbocycles. The standard InChI is InChI=1S/C16H30N2O3/c1-6-7-16(14(20)21)8-10-18(11-9-16)12(2)13(19)17-15(3,4)5/h12H,6-11H2,1-5H3,(H,17,19)(H,20,21). The summed E-state index contributed by atoms with van der Waals surface area (Å²) in [5.41, 5.74) is -0.834. The fourth-order valence-corrected chi connectivity index (χ4v) is 3.03. The zero-order valence-electron chi connectivity index (χ0n) is 14.0. The Morgan fingerprint density at radius 3 is 2.19 bits per heavy atom. The van der Waals surface area contributed by atoms with Crippen LogP contribution >= 0.6 is 0 Å². The highest BCUT2D eigenvalue weighted by molar-refractivity contribution is 5.82. The van der Waals surface area contributed by atoms with Crippen molar-refractivity contribution in [3.8, 4) is 0 Å². The summed E-state index contributed by atoms with van der Waals surface area (Å²) in [7, 11) is 0. The van der Waals surface area contributed by atoms with Gasteiger partial charge >= 0.3 is 5.97 Å². The van der Waals surface area contributed by atoms with Gasteiger partial charge in [0, 0.05) is 18.6 Å². The van der Waals surface area contributed by atoms with Gasteiger partial charge in [-0.2, -0.15) is 0 Å². The molecule has 122 valence electrons. The fourth-order valence-electron chi connectivity index (χ4n) is 3.03. The average molecular weight is 298 g/mol. The number of rotatable bonds is 5. The normalized spacial score (nSPS) is 20.8. The summed E-state index contributed by atoms with van der Waals surface area (Å²) in [4.78, 5) is 25.9. The van der Waals surface area contributed by atoms with Crippen LogP contribution < -0.4 is 5.32 Å². The molecular weight excluding hydrogens is 268 g/mol. The van der Waals surface area contributed by atoms with Crippen molar-refractivity contribution < 1.29 is 14.7 Å². The first-order valence-corrected chi connectivity index (χ1v) is 7.91. The van der Waals surface area contributed by atoms with Crippen LogP contribution in [-0.2, 0) is 9.59 Å². The van der Waals surface area contributed by atoms with Gasteiger partial charge < -0.3 is 10.4 Å². The molecule has 1 aliphatic rings. The molecule has 0 radical (unpaired) electrons. The molecule has 2 N–H and O–H groups in total. The van der Waals surface area contributed by atoms with Crippen LogP contribution in [0.4, 0.5) is 0 Å². The highest BCUT2D eigenvalue weighted by atomic mass is 16.4. The summed E-state index contributed by atoms with van der Waals surface area (Å²) in [5, 5.41) is 12.5. The largest absolute Gasteiger partial charge is 0.481 e. The van der Waals surface area contributed by atoms with E-state index < -0.39 is 11.4 Å². The molecule has 1 fully saturated rings. The summed E-state index contributed by atoms with van der Waals surface area (Å²) in [5.74, 6) is -0.670. The van der Waals surface area contributed by atoms with Crippen molar-refractivity contribution in [2.75, 3.05) is 13.1 Å². The van der Waals surface area contributed by atoms with E-state index >= 15 is 0 Å². The van der Waals surface area contributed by atoms with Gasteiger partial charge in [0.25, 0.3) is 0 Å². The second-order valence-electron chi connectivity index (χ2n) is 7.29. The minimum atomic E-state index is -0.684. The molecule has 1 atom stereocenters. The SMILES string of the molecule is CCCC1(C(=O)O)CCN(C(C)C(=O)NC(C)(C)C)CC1. The van der Waals surface area contributed by atoms with Gasteiger partial charge in [0.15, 0.2) is 0 Å². The number of hydrogen-bond donors (Lipinski definition) is 2. The second-order valence-corrected chi connectivity index (χ2v) is 7.29. The van der Waals surface area contributed by atoms with Gasteiger partial charge in [-0.25, -0.2) is 0 Å². The topological polar surface area (TPSA) is 69.6 Å². The first kappa shape index (κ1) is 18.0. The molecule has 1 heterocycles. The van der Waals surface area contributed by atoms with Crippen LogP contribution in [0.15, 0.2) is 0 Å². The summed E-state index contributed by atoms with van der Waals surface area (Å²) in [6.45, 7) is 11.2. The van der Waals surface area contributed by atoms with Crippen molar-refractivity contribution in [1.82, 2.24) is 10.2 Å². The van der Waals surface area contributed by atoms with E-state index in [0.717, 1.165) is 12.8 Å². The molecule has 1 aliphatic heterocycles. The smallest absolute Gasteiger partial charge is 0.309 e. The van der Waals surface area contributed by atoms with Crippen molar-refractivity contribution in [3.63, 3.8) is 0 Å². The molecule has 0 aromatic rings. The molecule has 0 saturated carbocycles. The zero-order valence-corrected chi connectivity index (χ0v) is 14.0. The molecule has 0 aliphatic carbocycles. The third-order valence-corrected chi connectivity index (χ3v) is 4.36. The number of nitrogens with zero attached hydrogens (tertiary/aromatic N) is 1. The predicted octanol–water partition coefficient (Wildman–Crippen LogP) is 2.26. The first-order chi connectivity index (χ1) is 9.61. The van der Waals surface area contributed by atoms with Gasteiger partial charge in [-0.1, -0.05) is 13.3 Å². The number of carboxylic acids is 1. The van der Waals surface area contributed by atoms with Crippen molar-refractivity contribution in [3.05, 3.63) is 0 Å². The molecule has 5 heteroatoms. The van der Waals surface area contributed by atoms with Crippen LogP contribution in [-0.4, -0.2) is 46.6 Å². The lowest BCUT2D eigenvalue weighted by atomic mass is 9.75. The van der Waals surface area contributed by atoms with Crippen LogP contribution in [0, 0.1) is 5.41 Å². The molecule has 0 aromatic heterocycles. The number of carbonyl (C=O) groups is 2. The van der Waals surface area contributed by atoms with Crippen LogP contribution in [0.25, 0.3) is 0 Å². The molecule has 1 rings (SSSR count). The fraction of sp³-hybridized carbons (Fsp3) is 0.875. The molecule has 0 spiro atoms. The highest BCUT2D eigenvalue weighted by Crippen LogP contribution is 2.37. The van der Waals surface area contributed by atoms with Crippen LogP contribution in [0.2, 0.25) is 0 Å². The second kappa shape index (κ2) is 6.77. The van der Waals surface area contributed by atoms with Gasteiger partial charge in [-0.3, -0.25) is 14.5 Å². The van der Waals surface area contributed by atoms with Gasteiger partial charge in [-0.05, 0) is 47.0 Å². The van der Waals surface area contributed by atoms with Gasteiger partial charge in [0.05, 0.1) is 11.5 Å². The monoisotopic (exact) mass is 298 g/mol. The Bertz CT molecular complexity index is 379. The Labute approximate surface area is 128 Å². The molecule has 1 saturated heterocycles. The number of nitrogens with one attached hydrogen (secondary N) is 1. The van der Waals surface area contributed by atoms with E-state index in [1.165, 1.54) is 0 Å². The Morgan fingerprint density at radius 2 is 1.81 bits per heavy atom. The van der Waals surface area contributed by atoms with E-state index in [9.17, 15) is 14.7 Å². The van der Waals surface area contributed by atoms with E-state index in [4.69, 9.17) is 0 Å². The van der Waals surface area contributed by atoms with Crippen molar-refractivity contribution in [2.24, 2.45) is 5.41 Å². The van der Waals surface area contributed by atoms with Gasteiger partial charge in [-0.15, -0.1) is 0 Å². The van der Waals surface area contributed by atoms with E-state index in [0.29, 0.717) is 25.9 Å². The lowest BCUT2D eigenvalue weighted by molar-refractivity contribution is -0.153. The van der Waals surface area contributed by atoms with E-state index in [2.05, 4.69) is 10.2 Å². The summed E-state index contributed by atoms with van der Waals surface area (Å²) in [6, 6.07) is -0.211. The molecule has 21 heavy (non-hydrogen) atoms. The highest BCUT2D eigenvalue weighted by Gasteiger charge is 2.42. The molecule has 5 nitrogen and oxygen atoms in total. The van der Waals surface area contributed by atoms with Crippen LogP contribution in [0.5, 0.6) is 0 Å². The molecular formula is C16H30N2O3. The number of carboxylic acid groups (broad SMARTS) is 1. The summed E-state index contributed by atoms with van der Waals surface area (Å²) < 4.78 is 0. The summed E-state index contributed by atoms with van der Waals surface area (Å²) in [6.07, 6.45) is 2.86. The Hall–Kier alpha value is -1.10. The number of piperidine rings is 1. The Kier molecular flexibility index (Phi) is 5.79. The quantitative estimate of drug-likeness (QED) is 0.817. The lowest BCUT2D eigenvalue weighted by Crippen LogP contribution is -2.54. The van der Waals surface area contributed by atoms with E-state index in [-0.39, 0.29) is 17.5 Å². The first-order valence-electron chi connectivity index (χ1n) is 7.91. The van der Waals surface area contributed by atoms with E-state index in [1.54, 1.807) is 0 Å². The van der Waals surface area contributed by atoms with Crippen LogP contribution in [0.3, 0.4) is 0 Å². The Balaban J connectivity index is 2.63. The number of likely N-dealkylation sites (tertiary alicyclic amines) is 1. The molecule has 1 amide bonds. The van der Waals surface area contributed by atoms with Crippen molar-refractivity contribution in [2.45, 2.75) is 71.9 Å². The average Bonchev–Trinajstić information content (AvgIpc) is 2.37. The minimum absolute atomic E-state index is 0.0146. The number of carbonyl (C=O) groups excluding carboxylic acids is 1. The lowest BCUT2D eigenvalue weighted by Gasteiger charge is -2.41. The van der Waals surface area contributed by atoms with Gasteiger partial charge in [0.2, 0.25) is 5.91 Å². The number of amides is 1. The third-order valence-electron chi connectivity index (χ3n) is 4.36. The maximum atomic E-state index is 12.2. The zero-order chi connectivity index (χ0) is 16.3. The predicted molar refractivity (Wildman–Crippen MR) is 83.1 cm³/mol. The number of aliphatic carboxylic acids is 1. The van der Waals surface area contributed by atoms with Gasteiger partial charge in [0.1, 0.15) is 0 Å². The van der Waals surface area contributed by atoms with E-state index in [1.807, 2.05) is 34.6 Å². The van der Waals surface area contributed by atoms with Crippen molar-refractivity contribution in [1.29, 1.82) is 0 Å². The van der Waals surface area contributed by atoms with Crippen molar-refractivity contribution >= 4 is 11.9 Å². The Morgan fingerprint density at radius 1 is 1.29 bits per heavy atom. The minimum Gasteiger partial charge on any atom is -0.481 e.